The molecule has 6 N–H and O–H groups in total. The van der Waals surface area contributed by atoms with Gasteiger partial charge in [0, 0.05) is 58.2 Å². The van der Waals surface area contributed by atoms with Crippen molar-refractivity contribution < 1.29 is 9.47 Å². The number of hydrogen-bond acceptors (Lipinski definition) is 14. The lowest BCUT2D eigenvalue weighted by Crippen LogP contribution is -2.67. The van der Waals surface area contributed by atoms with Crippen LogP contribution in [0.1, 0.15) is 189 Å². The Balaban J connectivity index is 1.64. The standard InChI is InChI=1S/C52H98N12O2/c1-21-29-65-41-55-39(47(9,10)35-45(3,4)5)63(53)43(57-41)61(37-31-49(13,14)59-50(15,16)32-37)27-25-23-24-26-28-62(38-33-51(17,18)60-52(19,20)34-38)44-58-42(66-30-22-2)56-40(64(44)54)48(11,12)36-46(6,7)8/h21-22,37-38,43-44,59-60H,1-2,23-36,53-54H2,3-20H3. The Labute approximate surface area is 403 Å². The summed E-state index contributed by atoms with van der Waals surface area (Å²) in [6.07, 6.45) is 12.2. The molecule has 4 heterocycles. The highest BCUT2D eigenvalue weighted by atomic mass is 16.5. The van der Waals surface area contributed by atoms with Gasteiger partial charge < -0.3 is 20.1 Å². The molecular weight excluding hydrogens is 825 g/mol. The van der Waals surface area contributed by atoms with Crippen LogP contribution in [-0.2, 0) is 9.47 Å². The molecule has 4 aliphatic rings. The van der Waals surface area contributed by atoms with Crippen LogP contribution in [0.3, 0.4) is 0 Å². The van der Waals surface area contributed by atoms with E-state index in [0.29, 0.717) is 25.3 Å². The van der Waals surface area contributed by atoms with E-state index in [1.165, 1.54) is 0 Å². The van der Waals surface area contributed by atoms with Crippen molar-refractivity contribution in [2.45, 2.75) is 236 Å². The molecule has 0 bridgehead atoms. The second-order valence-electron chi connectivity index (χ2n) is 26.4. The van der Waals surface area contributed by atoms with E-state index >= 15 is 0 Å². The Hall–Kier alpha value is -2.88. The van der Waals surface area contributed by atoms with Crippen molar-refractivity contribution in [1.29, 1.82) is 0 Å². The predicted molar refractivity (Wildman–Crippen MR) is 278 cm³/mol. The molecule has 0 amide bonds. The lowest BCUT2D eigenvalue weighted by Gasteiger charge is -2.52. The number of piperidine rings is 2. The van der Waals surface area contributed by atoms with Gasteiger partial charge in [-0.2, -0.15) is 20.0 Å². The van der Waals surface area contributed by atoms with Gasteiger partial charge in [0.05, 0.1) is 0 Å². The van der Waals surface area contributed by atoms with Crippen LogP contribution in [0.5, 0.6) is 0 Å². The van der Waals surface area contributed by atoms with Crippen LogP contribution < -0.4 is 22.3 Å². The topological polar surface area (TPSA) is 157 Å². The maximum absolute atomic E-state index is 7.25. The van der Waals surface area contributed by atoms with E-state index in [0.717, 1.165) is 89.0 Å². The van der Waals surface area contributed by atoms with Gasteiger partial charge in [0.1, 0.15) is 24.9 Å². The third kappa shape index (κ3) is 15.8. The maximum atomic E-state index is 7.25. The smallest absolute Gasteiger partial charge is 0.317 e. The number of amidine groups is 4. The summed E-state index contributed by atoms with van der Waals surface area (Å²) in [5.41, 5.74) is -0.838. The molecule has 14 heteroatoms. The van der Waals surface area contributed by atoms with Crippen LogP contribution in [0.25, 0.3) is 0 Å². The Morgan fingerprint density at radius 3 is 1.15 bits per heavy atom. The monoisotopic (exact) mass is 923 g/mol. The van der Waals surface area contributed by atoms with Crippen molar-refractivity contribution in [3.63, 3.8) is 0 Å². The normalized spacial score (nSPS) is 24.2. The molecule has 2 unspecified atom stereocenters. The van der Waals surface area contributed by atoms with E-state index in [1.54, 1.807) is 12.2 Å². The van der Waals surface area contributed by atoms with Crippen molar-refractivity contribution in [3.8, 4) is 0 Å². The first-order valence-corrected chi connectivity index (χ1v) is 25.1. The minimum absolute atomic E-state index is 0.0593. The minimum atomic E-state index is -0.469. The molecule has 0 aromatic carbocycles. The number of hydrogen-bond donors (Lipinski definition) is 4. The van der Waals surface area contributed by atoms with Crippen molar-refractivity contribution in [2.24, 2.45) is 53.3 Å². The molecule has 0 saturated carbocycles. The maximum Gasteiger partial charge on any atom is 0.317 e. The number of hydrazine groups is 2. The summed E-state index contributed by atoms with van der Waals surface area (Å²) in [4.78, 5) is 25.4. The lowest BCUT2D eigenvalue weighted by molar-refractivity contribution is -0.00828. The van der Waals surface area contributed by atoms with Crippen LogP contribution in [0.4, 0.5) is 0 Å². The first kappa shape index (κ1) is 55.7. The summed E-state index contributed by atoms with van der Waals surface area (Å²) >= 11 is 0. The first-order chi connectivity index (χ1) is 30.1. The number of ether oxygens (including phenoxy) is 2. The number of nitrogens with one attached hydrogen (secondary N) is 2. The van der Waals surface area contributed by atoms with Gasteiger partial charge in [-0.3, -0.25) is 19.8 Å². The molecule has 378 valence electrons. The molecule has 66 heavy (non-hydrogen) atoms. The molecule has 4 rings (SSSR count). The Bertz CT molecular complexity index is 1620. The fourth-order valence-corrected chi connectivity index (χ4v) is 12.5. The van der Waals surface area contributed by atoms with E-state index in [9.17, 15) is 0 Å². The zero-order valence-electron chi connectivity index (χ0n) is 45.3. The van der Waals surface area contributed by atoms with Gasteiger partial charge in [-0.1, -0.05) is 107 Å². The third-order valence-corrected chi connectivity index (χ3v) is 13.1. The number of rotatable bonds is 19. The van der Waals surface area contributed by atoms with Crippen molar-refractivity contribution in [1.82, 2.24) is 30.5 Å². The Morgan fingerprint density at radius 2 is 0.879 bits per heavy atom. The second kappa shape index (κ2) is 21.0. The van der Waals surface area contributed by atoms with Gasteiger partial charge in [-0.15, -0.1) is 0 Å². The Morgan fingerprint density at radius 1 is 0.576 bits per heavy atom. The van der Waals surface area contributed by atoms with E-state index in [-0.39, 0.29) is 55.9 Å². The highest BCUT2D eigenvalue weighted by molar-refractivity contribution is 5.99. The van der Waals surface area contributed by atoms with E-state index < -0.39 is 12.6 Å². The average Bonchev–Trinajstić information content (AvgIpc) is 3.11. The lowest BCUT2D eigenvalue weighted by atomic mass is 9.75. The highest BCUT2D eigenvalue weighted by Gasteiger charge is 2.48. The fourth-order valence-electron chi connectivity index (χ4n) is 12.5. The molecule has 0 radical (unpaired) electrons. The molecule has 2 saturated heterocycles. The summed E-state index contributed by atoms with van der Waals surface area (Å²) in [6.45, 7) is 51.1. The van der Waals surface area contributed by atoms with E-state index in [1.807, 2.05) is 10.0 Å². The van der Waals surface area contributed by atoms with Gasteiger partial charge >= 0.3 is 12.0 Å². The van der Waals surface area contributed by atoms with Crippen molar-refractivity contribution in [2.75, 3.05) is 26.3 Å². The molecule has 0 aliphatic carbocycles. The molecule has 14 nitrogen and oxygen atoms in total. The number of nitrogens with zero attached hydrogens (tertiary/aromatic N) is 8. The van der Waals surface area contributed by atoms with Crippen LogP contribution >= 0.6 is 0 Å². The summed E-state index contributed by atoms with van der Waals surface area (Å²) in [5, 5.41) is 11.5. The van der Waals surface area contributed by atoms with Crippen LogP contribution in [-0.4, -0.2) is 117 Å². The van der Waals surface area contributed by atoms with Crippen molar-refractivity contribution >= 4 is 23.7 Å². The van der Waals surface area contributed by atoms with E-state index in [4.69, 9.17) is 41.1 Å². The molecule has 0 aromatic heterocycles. The zero-order chi connectivity index (χ0) is 49.9. The fraction of sp³-hybridized carbons (Fsp3) is 0.846. The Kier molecular flexibility index (Phi) is 17.7. The van der Waals surface area contributed by atoms with Crippen molar-refractivity contribution in [3.05, 3.63) is 25.3 Å². The van der Waals surface area contributed by atoms with Gasteiger partial charge in [-0.05, 0) is 118 Å². The second-order valence-corrected chi connectivity index (χ2v) is 26.4. The largest absolute Gasteiger partial charge is 0.459 e. The predicted octanol–water partition coefficient (Wildman–Crippen LogP) is 9.55. The van der Waals surface area contributed by atoms with Crippen LogP contribution in [0.15, 0.2) is 45.3 Å². The zero-order valence-corrected chi connectivity index (χ0v) is 45.3. The number of nitrogens with two attached hydrogens (primary N) is 2. The molecule has 2 atom stereocenters. The quantitative estimate of drug-likeness (QED) is 0.0559. The molecule has 0 spiro atoms. The summed E-state index contributed by atoms with van der Waals surface area (Å²) in [7, 11) is 0. The minimum Gasteiger partial charge on any atom is -0.459 e. The highest BCUT2D eigenvalue weighted by Crippen LogP contribution is 2.41. The molecular formula is C52H98N12O2. The summed E-state index contributed by atoms with van der Waals surface area (Å²) < 4.78 is 12.3. The summed E-state index contributed by atoms with van der Waals surface area (Å²) in [5.74, 6) is 16.1. The SMILES string of the molecule is C=CCOC1=NC(N(CCCCCCN(C2CC(C)(C)NC(C)(C)C2)C2N=C(OCC=C)N=C(C(C)(C)CC(C)(C)C)N2N)C2CC(C)(C)NC(C)(C)C2)N(N)C(C(C)(C)CC(C)(C)C)=N1. The number of unbranched alkanes of at least 4 members (excludes halogenated alkanes) is 3. The number of aliphatic imine (C=N–C) groups is 4. The average molecular weight is 923 g/mol. The third-order valence-electron chi connectivity index (χ3n) is 13.1. The van der Waals surface area contributed by atoms with Gasteiger partial charge in [0.15, 0.2) is 12.6 Å². The van der Waals surface area contributed by atoms with Gasteiger partial charge in [0.2, 0.25) is 0 Å². The van der Waals surface area contributed by atoms with E-state index in [2.05, 4.69) is 158 Å². The first-order valence-electron chi connectivity index (χ1n) is 25.1. The molecule has 2 fully saturated rings. The van der Waals surface area contributed by atoms with Gasteiger partial charge in [-0.25, -0.2) is 11.7 Å². The van der Waals surface area contributed by atoms with Crippen LogP contribution in [0, 0.1) is 21.7 Å². The van der Waals surface area contributed by atoms with Gasteiger partial charge in [0.25, 0.3) is 0 Å². The molecule has 4 aliphatic heterocycles. The molecule has 0 aromatic rings. The summed E-state index contributed by atoms with van der Waals surface area (Å²) in [6, 6.07) is 1.18. The van der Waals surface area contributed by atoms with Crippen LogP contribution in [0.2, 0.25) is 0 Å².